The van der Waals surface area contributed by atoms with E-state index in [-0.39, 0.29) is 0 Å². The lowest BCUT2D eigenvalue weighted by Crippen LogP contribution is -2.24. The van der Waals surface area contributed by atoms with Gasteiger partial charge in [-0.05, 0) is 48.6 Å². The molecule has 0 bridgehead atoms. The van der Waals surface area contributed by atoms with Crippen LogP contribution in [-0.2, 0) is 4.74 Å². The van der Waals surface area contributed by atoms with Crippen molar-refractivity contribution >= 4 is 17.0 Å². The van der Waals surface area contributed by atoms with E-state index in [9.17, 15) is 5.11 Å². The van der Waals surface area contributed by atoms with Gasteiger partial charge in [0.2, 0.25) is 0 Å². The van der Waals surface area contributed by atoms with Gasteiger partial charge in [-0.1, -0.05) is 19.9 Å². The highest BCUT2D eigenvalue weighted by Gasteiger charge is 2.16. The maximum atomic E-state index is 9.89. The molecule has 3 rings (SSSR count). The minimum atomic E-state index is -0.545. The molecule has 2 N–H and O–H groups in total. The van der Waals surface area contributed by atoms with Crippen LogP contribution in [0, 0.1) is 5.92 Å². The molecule has 0 saturated heterocycles. The molecule has 1 atom stereocenters. The molecule has 0 amide bonds. The van der Waals surface area contributed by atoms with Crippen LogP contribution in [0.15, 0.2) is 41.8 Å². The quantitative estimate of drug-likeness (QED) is 0.494. The zero-order valence-electron chi connectivity index (χ0n) is 17.0. The summed E-state index contributed by atoms with van der Waals surface area (Å²) in [5.41, 5.74) is 1.80. The topological polar surface area (TPSA) is 81.4 Å². The molecule has 29 heavy (non-hydrogen) atoms. The van der Waals surface area contributed by atoms with Crippen LogP contribution in [0.5, 0.6) is 6.01 Å². The van der Waals surface area contributed by atoms with Gasteiger partial charge >= 0.3 is 6.01 Å². The molecule has 3 aromatic rings. The lowest BCUT2D eigenvalue weighted by molar-refractivity contribution is 0.0496. The Morgan fingerprint density at radius 2 is 1.97 bits per heavy atom. The number of hydrogen-bond donors (Lipinski definition) is 2. The Hall–Kier alpha value is -2.42. The molecule has 0 aliphatic rings. The maximum absolute atomic E-state index is 9.89. The zero-order chi connectivity index (χ0) is 20.6. The number of aromatic nitrogens is 3. The van der Waals surface area contributed by atoms with Gasteiger partial charge in [-0.15, -0.1) is 16.4 Å². The number of anilines is 1. The van der Waals surface area contributed by atoms with Crippen molar-refractivity contribution in [2.45, 2.75) is 26.9 Å². The summed E-state index contributed by atoms with van der Waals surface area (Å²) in [6.45, 7) is 8.01. The average molecular weight is 417 g/mol. The molecule has 0 spiro atoms. The number of nitrogens with zero attached hydrogens (tertiary/aromatic N) is 3. The van der Waals surface area contributed by atoms with Crippen LogP contribution in [0.4, 0.5) is 5.69 Å². The Bertz CT molecular complexity index is 863. The molecular weight excluding hydrogens is 388 g/mol. The predicted octanol–water partition coefficient (Wildman–Crippen LogP) is 3.84. The second-order valence-corrected chi connectivity index (χ2v) is 8.00. The normalized spacial score (nSPS) is 12.3. The van der Waals surface area contributed by atoms with Gasteiger partial charge in [-0.2, -0.15) is 4.98 Å². The predicted molar refractivity (Wildman–Crippen MR) is 116 cm³/mol. The van der Waals surface area contributed by atoms with Crippen molar-refractivity contribution in [1.29, 1.82) is 0 Å². The molecule has 156 valence electrons. The van der Waals surface area contributed by atoms with E-state index >= 15 is 0 Å². The largest absolute Gasteiger partial charge is 0.462 e. The van der Waals surface area contributed by atoms with Crippen LogP contribution >= 0.6 is 11.3 Å². The maximum Gasteiger partial charge on any atom is 0.336 e. The lowest BCUT2D eigenvalue weighted by atomic mass is 10.2. The van der Waals surface area contributed by atoms with E-state index in [4.69, 9.17) is 9.47 Å². The van der Waals surface area contributed by atoms with Gasteiger partial charge < -0.3 is 19.9 Å². The summed E-state index contributed by atoms with van der Waals surface area (Å²) in [6, 6.07) is 12.2. The molecule has 0 aliphatic carbocycles. The smallest absolute Gasteiger partial charge is 0.336 e. The van der Waals surface area contributed by atoms with Crippen LogP contribution in [0.3, 0.4) is 0 Å². The number of rotatable bonds is 11. The fourth-order valence-electron chi connectivity index (χ4n) is 2.61. The third-order valence-corrected chi connectivity index (χ3v) is 4.91. The minimum absolute atomic E-state index is 0.323. The van der Waals surface area contributed by atoms with Crippen LogP contribution in [-0.4, -0.2) is 52.3 Å². The van der Waals surface area contributed by atoms with E-state index in [1.807, 2.05) is 48.7 Å². The summed E-state index contributed by atoms with van der Waals surface area (Å²) in [5, 5.41) is 19.7. The molecule has 1 aromatic carbocycles. The van der Waals surface area contributed by atoms with E-state index in [0.29, 0.717) is 38.3 Å². The molecule has 0 radical (unpaired) electrons. The number of aliphatic hydroxyl groups excluding tert-OH is 1. The first-order valence-corrected chi connectivity index (χ1v) is 10.7. The Morgan fingerprint density at radius 1 is 1.17 bits per heavy atom. The third-order valence-electron chi connectivity index (χ3n) is 4.04. The molecule has 7 nitrogen and oxygen atoms in total. The van der Waals surface area contributed by atoms with Crippen molar-refractivity contribution in [3.63, 3.8) is 0 Å². The van der Waals surface area contributed by atoms with Crippen LogP contribution in [0.1, 0.15) is 20.8 Å². The second-order valence-electron chi connectivity index (χ2n) is 7.05. The second kappa shape index (κ2) is 10.4. The lowest BCUT2D eigenvalue weighted by Gasteiger charge is -2.13. The zero-order valence-corrected chi connectivity index (χ0v) is 17.9. The highest BCUT2D eigenvalue weighted by Crippen LogP contribution is 2.27. The molecule has 0 fully saturated rings. The molecule has 0 aliphatic heterocycles. The van der Waals surface area contributed by atoms with Crippen LogP contribution in [0.2, 0.25) is 0 Å². The van der Waals surface area contributed by atoms with Gasteiger partial charge in [0.25, 0.3) is 0 Å². The van der Waals surface area contributed by atoms with E-state index in [2.05, 4.69) is 29.2 Å². The minimum Gasteiger partial charge on any atom is -0.462 e. The summed E-state index contributed by atoms with van der Waals surface area (Å²) in [5.74, 6) is 1.15. The highest BCUT2D eigenvalue weighted by molar-refractivity contribution is 7.13. The van der Waals surface area contributed by atoms with Crippen molar-refractivity contribution < 1.29 is 14.6 Å². The molecule has 2 heterocycles. The Balaban J connectivity index is 1.75. The summed E-state index contributed by atoms with van der Waals surface area (Å²) in [6.07, 6.45) is -0.545. The first-order valence-electron chi connectivity index (χ1n) is 9.80. The Morgan fingerprint density at radius 3 is 2.62 bits per heavy atom. The Labute approximate surface area is 175 Å². The molecule has 2 aromatic heterocycles. The van der Waals surface area contributed by atoms with E-state index in [1.54, 1.807) is 16.0 Å². The molecular formula is C21H28N4O3S. The summed E-state index contributed by atoms with van der Waals surface area (Å²) < 4.78 is 12.8. The van der Waals surface area contributed by atoms with Crippen molar-refractivity contribution in [2.24, 2.45) is 5.92 Å². The highest BCUT2D eigenvalue weighted by atomic mass is 32.1. The number of nitrogens with one attached hydrogen (secondary N) is 1. The molecule has 0 saturated carbocycles. The van der Waals surface area contributed by atoms with E-state index in [1.165, 1.54) is 0 Å². The van der Waals surface area contributed by atoms with Gasteiger partial charge in [0.15, 0.2) is 5.82 Å². The van der Waals surface area contributed by atoms with Crippen LogP contribution in [0.25, 0.3) is 16.4 Å². The van der Waals surface area contributed by atoms with E-state index < -0.39 is 6.10 Å². The summed E-state index contributed by atoms with van der Waals surface area (Å²) >= 11 is 1.61. The summed E-state index contributed by atoms with van der Waals surface area (Å²) in [7, 11) is 0. The number of benzene rings is 1. The van der Waals surface area contributed by atoms with Gasteiger partial charge in [-0.3, -0.25) is 0 Å². The fraction of sp³-hybridized carbons (Fsp3) is 0.429. The fourth-order valence-corrected chi connectivity index (χ4v) is 3.31. The molecule has 8 heteroatoms. The van der Waals surface area contributed by atoms with Crippen molar-refractivity contribution in [1.82, 2.24) is 14.8 Å². The standard InChI is InChI=1S/C21H28N4O3S/c1-4-27-14-18(26)12-22-16-7-9-17(10-8-16)25-20(19-6-5-11-29-19)23-21(24-25)28-13-15(2)3/h5-11,15,18,22,26H,4,12-14H2,1-3H3. The molecule has 1 unspecified atom stereocenters. The number of thiophene rings is 1. The first-order chi connectivity index (χ1) is 14.1. The monoisotopic (exact) mass is 416 g/mol. The Kier molecular flexibility index (Phi) is 7.62. The van der Waals surface area contributed by atoms with E-state index in [0.717, 1.165) is 22.1 Å². The first kappa shape index (κ1) is 21.3. The van der Waals surface area contributed by atoms with Crippen molar-refractivity contribution in [3.05, 3.63) is 41.8 Å². The SMILES string of the molecule is CCOCC(O)CNc1ccc(-n2nc(OCC(C)C)nc2-c2cccs2)cc1. The van der Waals surface area contributed by atoms with Gasteiger partial charge in [-0.25, -0.2) is 4.68 Å². The van der Waals surface area contributed by atoms with Gasteiger partial charge in [0, 0.05) is 18.8 Å². The number of ether oxygens (including phenoxy) is 2. The van der Waals surface area contributed by atoms with Crippen LogP contribution < -0.4 is 10.1 Å². The van der Waals surface area contributed by atoms with Gasteiger partial charge in [0.1, 0.15) is 0 Å². The summed E-state index contributed by atoms with van der Waals surface area (Å²) in [4.78, 5) is 5.62. The van der Waals surface area contributed by atoms with Crippen molar-refractivity contribution in [2.75, 3.05) is 31.7 Å². The van der Waals surface area contributed by atoms with Crippen molar-refractivity contribution in [3.8, 4) is 22.4 Å². The number of aliphatic hydroxyl groups is 1. The van der Waals surface area contributed by atoms with Gasteiger partial charge in [0.05, 0.1) is 29.9 Å². The number of hydrogen-bond acceptors (Lipinski definition) is 7. The third kappa shape index (κ3) is 6.03. The average Bonchev–Trinajstić information content (AvgIpc) is 3.39.